The minimum atomic E-state index is -3.54. The van der Waals surface area contributed by atoms with Gasteiger partial charge in [0, 0.05) is 26.7 Å². The highest BCUT2D eigenvalue weighted by molar-refractivity contribution is 7.89. The monoisotopic (exact) mass is 343 g/mol. The van der Waals surface area contributed by atoms with Gasteiger partial charge >= 0.3 is 0 Å². The molecule has 1 saturated carbocycles. The highest BCUT2D eigenvalue weighted by Gasteiger charge is 2.35. The van der Waals surface area contributed by atoms with Crippen LogP contribution in [0.4, 0.5) is 0 Å². The number of aliphatic hydroxyl groups is 1. The van der Waals surface area contributed by atoms with Crippen molar-refractivity contribution in [3.8, 4) is 0 Å². The van der Waals surface area contributed by atoms with E-state index >= 15 is 0 Å². The standard InChI is InChI=1S/C16H29N3O3S/c1-5-14-16(15(6-2)18(3)17-14)23(21,22)19(4)13-9-7-12(11-20)8-10-13/h12-13,20H,5-11H2,1-4H3. The van der Waals surface area contributed by atoms with Crippen LogP contribution in [0.5, 0.6) is 0 Å². The Morgan fingerprint density at radius 1 is 1.22 bits per heavy atom. The molecule has 23 heavy (non-hydrogen) atoms. The Morgan fingerprint density at radius 2 is 1.83 bits per heavy atom. The molecule has 1 fully saturated rings. The number of rotatable bonds is 6. The van der Waals surface area contributed by atoms with Gasteiger partial charge in [0.05, 0.1) is 11.4 Å². The molecule has 0 radical (unpaired) electrons. The molecule has 0 atom stereocenters. The zero-order valence-electron chi connectivity index (χ0n) is 14.6. The van der Waals surface area contributed by atoms with Gasteiger partial charge in [0.15, 0.2) is 0 Å². The first-order chi connectivity index (χ1) is 10.9. The summed E-state index contributed by atoms with van der Waals surface area (Å²) < 4.78 is 29.6. The number of aromatic nitrogens is 2. The Hall–Kier alpha value is -0.920. The van der Waals surface area contributed by atoms with Crippen molar-refractivity contribution in [1.29, 1.82) is 0 Å². The molecule has 1 aliphatic rings. The van der Waals surface area contributed by atoms with E-state index in [2.05, 4.69) is 5.10 Å². The molecule has 1 aromatic heterocycles. The van der Waals surface area contributed by atoms with E-state index in [0.717, 1.165) is 31.4 Å². The van der Waals surface area contributed by atoms with Crippen LogP contribution in [0.15, 0.2) is 4.90 Å². The quantitative estimate of drug-likeness (QED) is 0.853. The van der Waals surface area contributed by atoms with E-state index in [4.69, 9.17) is 0 Å². The molecule has 0 spiro atoms. The lowest BCUT2D eigenvalue weighted by molar-refractivity contribution is 0.159. The lowest BCUT2D eigenvalue weighted by atomic mass is 9.87. The van der Waals surface area contributed by atoms with Crippen molar-refractivity contribution in [2.45, 2.75) is 63.3 Å². The molecule has 2 rings (SSSR count). The largest absolute Gasteiger partial charge is 0.396 e. The zero-order chi connectivity index (χ0) is 17.2. The van der Waals surface area contributed by atoms with Crippen LogP contribution in [0.2, 0.25) is 0 Å². The summed E-state index contributed by atoms with van der Waals surface area (Å²) in [7, 11) is -0.0453. The molecule has 132 valence electrons. The molecule has 0 aromatic carbocycles. The molecule has 7 heteroatoms. The Balaban J connectivity index is 2.31. The van der Waals surface area contributed by atoms with Gasteiger partial charge in [-0.1, -0.05) is 13.8 Å². The minimum Gasteiger partial charge on any atom is -0.396 e. The van der Waals surface area contributed by atoms with Crippen molar-refractivity contribution in [2.24, 2.45) is 13.0 Å². The van der Waals surface area contributed by atoms with Gasteiger partial charge in [-0.05, 0) is 44.4 Å². The van der Waals surface area contributed by atoms with Gasteiger partial charge in [0.2, 0.25) is 10.0 Å². The fourth-order valence-corrected chi connectivity index (χ4v) is 5.50. The maximum Gasteiger partial charge on any atom is 0.246 e. The van der Waals surface area contributed by atoms with Crippen molar-refractivity contribution in [3.63, 3.8) is 0 Å². The highest BCUT2D eigenvalue weighted by atomic mass is 32.2. The highest BCUT2D eigenvalue weighted by Crippen LogP contribution is 2.32. The van der Waals surface area contributed by atoms with Crippen LogP contribution in [-0.4, -0.2) is 47.3 Å². The number of aliphatic hydroxyl groups excluding tert-OH is 1. The zero-order valence-corrected chi connectivity index (χ0v) is 15.4. The summed E-state index contributed by atoms with van der Waals surface area (Å²) in [6.45, 7) is 4.10. The van der Waals surface area contributed by atoms with Crippen LogP contribution in [-0.2, 0) is 29.9 Å². The molecule has 0 unspecified atom stereocenters. The predicted molar refractivity (Wildman–Crippen MR) is 89.7 cm³/mol. The van der Waals surface area contributed by atoms with Gasteiger partial charge < -0.3 is 5.11 Å². The summed E-state index contributed by atoms with van der Waals surface area (Å²) in [5.74, 6) is 0.318. The van der Waals surface area contributed by atoms with Gasteiger partial charge in [0.1, 0.15) is 4.90 Å². The number of hydrogen-bond acceptors (Lipinski definition) is 4. The number of aryl methyl sites for hydroxylation is 2. The maximum absolute atomic E-state index is 13.2. The molecule has 1 heterocycles. The van der Waals surface area contributed by atoms with Gasteiger partial charge in [-0.2, -0.15) is 9.40 Å². The van der Waals surface area contributed by atoms with E-state index in [1.807, 2.05) is 20.9 Å². The fourth-order valence-electron chi connectivity index (χ4n) is 3.55. The second-order valence-electron chi connectivity index (χ2n) is 6.43. The third-order valence-electron chi connectivity index (χ3n) is 5.08. The van der Waals surface area contributed by atoms with E-state index in [-0.39, 0.29) is 12.6 Å². The first kappa shape index (κ1) is 18.4. The van der Waals surface area contributed by atoms with Crippen LogP contribution in [0.1, 0.15) is 50.9 Å². The topological polar surface area (TPSA) is 75.4 Å². The van der Waals surface area contributed by atoms with Crippen molar-refractivity contribution in [3.05, 3.63) is 11.4 Å². The average molecular weight is 343 g/mol. The van der Waals surface area contributed by atoms with Crippen LogP contribution >= 0.6 is 0 Å². The Labute approximate surface area is 139 Å². The lowest BCUT2D eigenvalue weighted by Crippen LogP contribution is -2.40. The van der Waals surface area contributed by atoms with Gasteiger partial charge in [0.25, 0.3) is 0 Å². The summed E-state index contributed by atoms with van der Waals surface area (Å²) in [6.07, 6.45) is 4.63. The van der Waals surface area contributed by atoms with Crippen LogP contribution < -0.4 is 0 Å². The normalized spacial score (nSPS) is 22.7. The van der Waals surface area contributed by atoms with Gasteiger partial charge in [-0.3, -0.25) is 4.68 Å². The number of nitrogens with zero attached hydrogens (tertiary/aromatic N) is 3. The van der Waals surface area contributed by atoms with Crippen molar-refractivity contribution >= 4 is 10.0 Å². The van der Waals surface area contributed by atoms with Crippen LogP contribution in [0.3, 0.4) is 0 Å². The molecular formula is C16H29N3O3S. The van der Waals surface area contributed by atoms with Gasteiger partial charge in [-0.15, -0.1) is 0 Å². The lowest BCUT2D eigenvalue weighted by Gasteiger charge is -2.33. The van der Waals surface area contributed by atoms with E-state index in [1.165, 1.54) is 4.31 Å². The SMILES string of the molecule is CCc1nn(C)c(CC)c1S(=O)(=O)N(C)C1CCC(CO)CC1. The Morgan fingerprint density at radius 3 is 2.30 bits per heavy atom. The van der Waals surface area contributed by atoms with E-state index in [1.54, 1.807) is 11.7 Å². The van der Waals surface area contributed by atoms with Crippen molar-refractivity contribution in [2.75, 3.05) is 13.7 Å². The Bertz CT molecular complexity index is 631. The van der Waals surface area contributed by atoms with E-state index < -0.39 is 10.0 Å². The molecule has 0 aliphatic heterocycles. The molecule has 1 aliphatic carbocycles. The van der Waals surface area contributed by atoms with E-state index in [0.29, 0.717) is 29.3 Å². The van der Waals surface area contributed by atoms with Crippen molar-refractivity contribution in [1.82, 2.24) is 14.1 Å². The average Bonchev–Trinajstić information content (AvgIpc) is 2.90. The molecule has 0 saturated heterocycles. The summed E-state index contributed by atoms with van der Waals surface area (Å²) in [6, 6.07) is 0.0115. The molecule has 6 nitrogen and oxygen atoms in total. The first-order valence-electron chi connectivity index (χ1n) is 8.50. The molecule has 0 amide bonds. The first-order valence-corrected chi connectivity index (χ1v) is 9.94. The summed E-state index contributed by atoms with van der Waals surface area (Å²) >= 11 is 0. The van der Waals surface area contributed by atoms with Crippen molar-refractivity contribution < 1.29 is 13.5 Å². The second-order valence-corrected chi connectivity index (χ2v) is 8.37. The predicted octanol–water partition coefficient (Wildman–Crippen LogP) is 1.72. The Kier molecular flexibility index (Phi) is 5.86. The van der Waals surface area contributed by atoms with Gasteiger partial charge in [-0.25, -0.2) is 8.42 Å². The summed E-state index contributed by atoms with van der Waals surface area (Å²) in [5, 5.41) is 13.6. The molecule has 1 aromatic rings. The molecule has 0 bridgehead atoms. The summed E-state index contributed by atoms with van der Waals surface area (Å²) in [5.41, 5.74) is 1.43. The van der Waals surface area contributed by atoms with E-state index in [9.17, 15) is 13.5 Å². The second kappa shape index (κ2) is 7.32. The van der Waals surface area contributed by atoms with Crippen LogP contribution in [0.25, 0.3) is 0 Å². The number of hydrogen-bond donors (Lipinski definition) is 1. The third-order valence-corrected chi connectivity index (χ3v) is 7.12. The fraction of sp³-hybridized carbons (Fsp3) is 0.812. The summed E-state index contributed by atoms with van der Waals surface area (Å²) in [4.78, 5) is 0.400. The minimum absolute atomic E-state index is 0.0115. The number of sulfonamides is 1. The van der Waals surface area contributed by atoms with Crippen LogP contribution in [0, 0.1) is 5.92 Å². The molecule has 1 N–H and O–H groups in total. The molecular weight excluding hydrogens is 314 g/mol. The third kappa shape index (κ3) is 3.46. The smallest absolute Gasteiger partial charge is 0.246 e. The maximum atomic E-state index is 13.2.